The molecular weight excluding hydrogens is 132 g/mol. The van der Waals surface area contributed by atoms with Gasteiger partial charge in [0.2, 0.25) is 0 Å². The second-order valence-electron chi connectivity index (χ2n) is 2.32. The van der Waals surface area contributed by atoms with Gasteiger partial charge < -0.3 is 0 Å². The molecule has 0 saturated heterocycles. The molecule has 0 nitrogen and oxygen atoms in total. The van der Waals surface area contributed by atoms with E-state index in [1.807, 2.05) is 36.4 Å². The van der Waals surface area contributed by atoms with Crippen LogP contribution in [0.4, 0.5) is 0 Å². The minimum absolute atomic E-state index is 1.17. The Labute approximate surface area is 69.6 Å². The van der Waals surface area contributed by atoms with E-state index < -0.39 is 0 Å². The quantitative estimate of drug-likeness (QED) is 0.569. The number of hydrogen-bond donors (Lipinski definition) is 0. The van der Waals surface area contributed by atoms with Crippen molar-refractivity contribution in [2.75, 3.05) is 0 Å². The molecule has 60 valence electrons. The number of rotatable bonds is 1. The molecule has 0 heterocycles. The summed E-state index contributed by atoms with van der Waals surface area (Å²) in [6.45, 7) is 7.88. The predicted molar refractivity (Wildman–Crippen MR) is 52.5 cm³/mol. The Hall–Kier alpha value is -1.04. The molecule has 0 saturated carbocycles. The van der Waals surface area contributed by atoms with E-state index in [0.717, 1.165) is 0 Å². The molecule has 0 amide bonds. The summed E-state index contributed by atoms with van der Waals surface area (Å²) in [5, 5.41) is 0. The summed E-state index contributed by atoms with van der Waals surface area (Å²) in [5.41, 5.74) is 1.17. The van der Waals surface area contributed by atoms with Gasteiger partial charge in [-0.05, 0) is 5.56 Å². The summed E-state index contributed by atoms with van der Waals surface area (Å²) in [6, 6.07) is 10.0. The van der Waals surface area contributed by atoms with Crippen LogP contribution in [-0.2, 0) is 0 Å². The van der Waals surface area contributed by atoms with Gasteiger partial charge in [-0.15, -0.1) is 0 Å². The highest BCUT2D eigenvalue weighted by molar-refractivity contribution is 5.45. The zero-order chi connectivity index (χ0) is 8.53. The standard InChI is InChI=1S/C8H8.C3H8/c1-2-8-6-4-3-5-7-8;1-3-2/h2-7H,1H2;3H2,1-2H3. The highest BCUT2D eigenvalue weighted by Gasteiger charge is 1.75. The molecule has 0 aliphatic rings. The van der Waals surface area contributed by atoms with Crippen LogP contribution < -0.4 is 0 Å². The summed E-state index contributed by atoms with van der Waals surface area (Å²) in [4.78, 5) is 0. The number of benzene rings is 1. The van der Waals surface area contributed by atoms with Gasteiger partial charge in [-0.2, -0.15) is 0 Å². The van der Waals surface area contributed by atoms with E-state index in [1.54, 1.807) is 0 Å². The molecule has 0 N–H and O–H groups in total. The fourth-order valence-corrected chi connectivity index (χ4v) is 0.589. The zero-order valence-electron chi connectivity index (χ0n) is 7.38. The molecule has 1 rings (SSSR count). The van der Waals surface area contributed by atoms with Crippen LogP contribution in [0.3, 0.4) is 0 Å². The van der Waals surface area contributed by atoms with Crippen LogP contribution >= 0.6 is 0 Å². The SMILES string of the molecule is C=Cc1ccccc1.CCC. The molecule has 0 aliphatic carbocycles. The molecular formula is C11H16. The van der Waals surface area contributed by atoms with Gasteiger partial charge in [-0.25, -0.2) is 0 Å². The van der Waals surface area contributed by atoms with Crippen molar-refractivity contribution in [3.63, 3.8) is 0 Å². The van der Waals surface area contributed by atoms with Crippen LogP contribution in [0.15, 0.2) is 36.9 Å². The average molecular weight is 148 g/mol. The average Bonchev–Trinajstić information content (AvgIpc) is 2.08. The first kappa shape index (κ1) is 9.96. The highest BCUT2D eigenvalue weighted by atomic mass is 13.8. The molecule has 1 aromatic rings. The van der Waals surface area contributed by atoms with Crippen molar-refractivity contribution in [1.29, 1.82) is 0 Å². The molecule has 0 heteroatoms. The van der Waals surface area contributed by atoms with Crippen molar-refractivity contribution in [2.24, 2.45) is 0 Å². The van der Waals surface area contributed by atoms with E-state index in [-0.39, 0.29) is 0 Å². The van der Waals surface area contributed by atoms with Gasteiger partial charge in [0.1, 0.15) is 0 Å². The summed E-state index contributed by atoms with van der Waals surface area (Å²) >= 11 is 0. The van der Waals surface area contributed by atoms with Crippen molar-refractivity contribution in [3.8, 4) is 0 Å². The molecule has 11 heavy (non-hydrogen) atoms. The van der Waals surface area contributed by atoms with Crippen molar-refractivity contribution >= 4 is 6.08 Å². The molecule has 0 atom stereocenters. The zero-order valence-corrected chi connectivity index (χ0v) is 7.38. The lowest BCUT2D eigenvalue weighted by Gasteiger charge is -1.85. The van der Waals surface area contributed by atoms with Gasteiger partial charge in [-0.1, -0.05) is 63.3 Å². The van der Waals surface area contributed by atoms with Gasteiger partial charge >= 0.3 is 0 Å². The van der Waals surface area contributed by atoms with Crippen LogP contribution in [-0.4, -0.2) is 0 Å². The number of hydrogen-bond acceptors (Lipinski definition) is 0. The Bertz CT molecular complexity index is 174. The van der Waals surface area contributed by atoms with Crippen molar-refractivity contribution in [2.45, 2.75) is 20.3 Å². The van der Waals surface area contributed by atoms with Gasteiger partial charge in [0.25, 0.3) is 0 Å². The van der Waals surface area contributed by atoms with Gasteiger partial charge in [0, 0.05) is 0 Å². The van der Waals surface area contributed by atoms with E-state index in [1.165, 1.54) is 12.0 Å². The van der Waals surface area contributed by atoms with Crippen LogP contribution in [0.25, 0.3) is 6.08 Å². The van der Waals surface area contributed by atoms with E-state index in [0.29, 0.717) is 0 Å². The summed E-state index contributed by atoms with van der Waals surface area (Å²) in [6.07, 6.45) is 3.08. The Morgan fingerprint density at radius 3 is 1.91 bits per heavy atom. The lowest BCUT2D eigenvalue weighted by molar-refractivity contribution is 1.09. The second kappa shape index (κ2) is 7.07. The molecule has 0 spiro atoms. The van der Waals surface area contributed by atoms with E-state index in [4.69, 9.17) is 0 Å². The molecule has 0 bridgehead atoms. The van der Waals surface area contributed by atoms with E-state index in [9.17, 15) is 0 Å². The van der Waals surface area contributed by atoms with Crippen molar-refractivity contribution < 1.29 is 0 Å². The van der Waals surface area contributed by atoms with Crippen molar-refractivity contribution in [3.05, 3.63) is 42.5 Å². The largest absolute Gasteiger partial charge is 0.0985 e. The molecule has 0 aliphatic heterocycles. The Balaban J connectivity index is 0.000000292. The molecule has 0 aromatic heterocycles. The summed E-state index contributed by atoms with van der Waals surface area (Å²) in [5.74, 6) is 0. The summed E-state index contributed by atoms with van der Waals surface area (Å²) in [7, 11) is 0. The minimum Gasteiger partial charge on any atom is -0.0985 e. The smallest absolute Gasteiger partial charge is 0.0263 e. The van der Waals surface area contributed by atoms with Gasteiger partial charge in [-0.3, -0.25) is 0 Å². The van der Waals surface area contributed by atoms with Crippen LogP contribution in [0.1, 0.15) is 25.8 Å². The maximum Gasteiger partial charge on any atom is -0.0263 e. The fraction of sp³-hybridized carbons (Fsp3) is 0.273. The fourth-order valence-electron chi connectivity index (χ4n) is 0.589. The molecule has 0 radical (unpaired) electrons. The summed E-state index contributed by atoms with van der Waals surface area (Å²) < 4.78 is 0. The van der Waals surface area contributed by atoms with E-state index in [2.05, 4.69) is 20.4 Å². The third-order valence-corrected chi connectivity index (χ3v) is 1.04. The monoisotopic (exact) mass is 148 g/mol. The Morgan fingerprint density at radius 1 is 1.18 bits per heavy atom. The van der Waals surface area contributed by atoms with Gasteiger partial charge in [0.15, 0.2) is 0 Å². The van der Waals surface area contributed by atoms with Gasteiger partial charge in [0.05, 0.1) is 0 Å². The van der Waals surface area contributed by atoms with Crippen molar-refractivity contribution in [1.82, 2.24) is 0 Å². The van der Waals surface area contributed by atoms with E-state index >= 15 is 0 Å². The third-order valence-electron chi connectivity index (χ3n) is 1.04. The lowest BCUT2D eigenvalue weighted by Crippen LogP contribution is -1.63. The lowest BCUT2D eigenvalue weighted by atomic mass is 10.2. The second-order valence-corrected chi connectivity index (χ2v) is 2.32. The predicted octanol–water partition coefficient (Wildman–Crippen LogP) is 3.75. The normalized spacial score (nSPS) is 7.82. The maximum absolute atomic E-state index is 3.63. The first-order valence-electron chi connectivity index (χ1n) is 4.02. The van der Waals surface area contributed by atoms with Crippen LogP contribution in [0.5, 0.6) is 0 Å². The topological polar surface area (TPSA) is 0 Å². The molecule has 0 fully saturated rings. The Kier molecular flexibility index (Phi) is 6.40. The minimum atomic E-state index is 1.17. The Morgan fingerprint density at radius 2 is 1.64 bits per heavy atom. The maximum atomic E-state index is 3.63. The molecule has 0 unspecified atom stereocenters. The third kappa shape index (κ3) is 5.41. The highest BCUT2D eigenvalue weighted by Crippen LogP contribution is 1.97. The van der Waals surface area contributed by atoms with Crippen LogP contribution in [0.2, 0.25) is 0 Å². The van der Waals surface area contributed by atoms with Crippen LogP contribution in [0, 0.1) is 0 Å². The first-order chi connectivity index (χ1) is 5.35. The first-order valence-corrected chi connectivity index (χ1v) is 4.02. The molecule has 1 aromatic carbocycles.